The Balaban J connectivity index is 1.42. The van der Waals surface area contributed by atoms with Gasteiger partial charge >= 0.3 is 0 Å². The lowest BCUT2D eigenvalue weighted by Crippen LogP contribution is -2.49. The predicted molar refractivity (Wildman–Crippen MR) is 109 cm³/mol. The van der Waals surface area contributed by atoms with Crippen LogP contribution >= 0.6 is 0 Å². The molecule has 27 heavy (non-hydrogen) atoms. The quantitative estimate of drug-likeness (QED) is 0.848. The Morgan fingerprint density at radius 2 is 1.70 bits per heavy atom. The molecule has 2 aromatic rings. The van der Waals surface area contributed by atoms with Crippen molar-refractivity contribution in [3.05, 3.63) is 54.3 Å². The van der Waals surface area contributed by atoms with Crippen LogP contribution in [0, 0.1) is 5.82 Å². The number of piperazine rings is 1. The third kappa shape index (κ3) is 4.90. The molecule has 2 aromatic carbocycles. The molecule has 1 amide bonds. The minimum atomic E-state index is -0.207. The molecular formula is C21H27FN4O. The van der Waals surface area contributed by atoms with E-state index in [0.717, 1.165) is 11.4 Å². The normalized spacial score (nSPS) is 14.2. The number of carbonyl (C=O) groups is 1. The molecule has 0 aromatic heterocycles. The number of nitrogens with one attached hydrogen (secondary N) is 1. The van der Waals surface area contributed by atoms with Crippen LogP contribution in [0.15, 0.2) is 48.5 Å². The fourth-order valence-corrected chi connectivity index (χ4v) is 3.25. The van der Waals surface area contributed by atoms with Gasteiger partial charge in [0.25, 0.3) is 0 Å². The van der Waals surface area contributed by atoms with Crippen LogP contribution in [0.2, 0.25) is 0 Å². The van der Waals surface area contributed by atoms with Crippen molar-refractivity contribution in [1.82, 2.24) is 4.90 Å². The lowest BCUT2D eigenvalue weighted by atomic mass is 10.2. The van der Waals surface area contributed by atoms with Gasteiger partial charge in [0.05, 0.1) is 5.69 Å². The van der Waals surface area contributed by atoms with E-state index in [9.17, 15) is 9.18 Å². The Kier molecular flexibility index (Phi) is 6.16. The molecule has 5 nitrogen and oxygen atoms in total. The molecule has 0 spiro atoms. The van der Waals surface area contributed by atoms with E-state index in [-0.39, 0.29) is 11.7 Å². The number of para-hydroxylation sites is 1. The first-order valence-electron chi connectivity index (χ1n) is 9.33. The highest BCUT2D eigenvalue weighted by Crippen LogP contribution is 2.20. The third-order valence-electron chi connectivity index (χ3n) is 4.88. The molecule has 0 atom stereocenters. The lowest BCUT2D eigenvalue weighted by Gasteiger charge is -2.36. The van der Waals surface area contributed by atoms with Crippen molar-refractivity contribution in [2.45, 2.75) is 6.42 Å². The van der Waals surface area contributed by atoms with Crippen molar-refractivity contribution in [1.29, 1.82) is 0 Å². The van der Waals surface area contributed by atoms with Gasteiger partial charge in [-0.2, -0.15) is 0 Å². The number of rotatable bonds is 6. The van der Waals surface area contributed by atoms with Gasteiger partial charge in [-0.05, 0) is 36.4 Å². The number of carbonyl (C=O) groups excluding carboxylic acids is 1. The van der Waals surface area contributed by atoms with E-state index in [1.165, 1.54) is 6.07 Å². The zero-order valence-electron chi connectivity index (χ0n) is 16.0. The van der Waals surface area contributed by atoms with E-state index >= 15 is 0 Å². The van der Waals surface area contributed by atoms with Crippen LogP contribution in [-0.2, 0) is 4.79 Å². The Bertz CT molecular complexity index is 755. The SMILES string of the molecule is CN(C)c1ccc(NCCC(=O)N2CCN(c3ccccc3F)CC2)cc1. The topological polar surface area (TPSA) is 38.8 Å². The second-order valence-electron chi connectivity index (χ2n) is 6.94. The second-order valence-corrected chi connectivity index (χ2v) is 6.94. The van der Waals surface area contributed by atoms with Crippen LogP contribution in [0.1, 0.15) is 6.42 Å². The molecular weight excluding hydrogens is 343 g/mol. The summed E-state index contributed by atoms with van der Waals surface area (Å²) in [5.41, 5.74) is 2.77. The molecule has 0 unspecified atom stereocenters. The van der Waals surface area contributed by atoms with Gasteiger partial charge in [-0.1, -0.05) is 12.1 Å². The summed E-state index contributed by atoms with van der Waals surface area (Å²) in [5, 5.41) is 3.30. The van der Waals surface area contributed by atoms with Gasteiger partial charge in [-0.25, -0.2) is 4.39 Å². The maximum atomic E-state index is 13.9. The van der Waals surface area contributed by atoms with E-state index < -0.39 is 0 Å². The number of hydrogen-bond donors (Lipinski definition) is 1. The van der Waals surface area contributed by atoms with Gasteiger partial charge in [-0.15, -0.1) is 0 Å². The van der Waals surface area contributed by atoms with Crippen molar-refractivity contribution in [3.8, 4) is 0 Å². The fraction of sp³-hybridized carbons (Fsp3) is 0.381. The smallest absolute Gasteiger partial charge is 0.224 e. The Hall–Kier alpha value is -2.76. The first-order chi connectivity index (χ1) is 13.0. The summed E-state index contributed by atoms with van der Waals surface area (Å²) < 4.78 is 13.9. The summed E-state index contributed by atoms with van der Waals surface area (Å²) in [7, 11) is 4.01. The highest BCUT2D eigenvalue weighted by Gasteiger charge is 2.22. The highest BCUT2D eigenvalue weighted by atomic mass is 19.1. The van der Waals surface area contributed by atoms with Crippen LogP contribution in [0.5, 0.6) is 0 Å². The van der Waals surface area contributed by atoms with Crippen LogP contribution in [0.4, 0.5) is 21.5 Å². The Morgan fingerprint density at radius 3 is 2.33 bits per heavy atom. The van der Waals surface area contributed by atoms with Gasteiger partial charge in [0.15, 0.2) is 0 Å². The maximum Gasteiger partial charge on any atom is 0.224 e. The Morgan fingerprint density at radius 1 is 1.04 bits per heavy atom. The fourth-order valence-electron chi connectivity index (χ4n) is 3.25. The first-order valence-corrected chi connectivity index (χ1v) is 9.33. The molecule has 0 saturated carbocycles. The molecule has 0 bridgehead atoms. The molecule has 1 heterocycles. The summed E-state index contributed by atoms with van der Waals surface area (Å²) >= 11 is 0. The molecule has 6 heteroatoms. The van der Waals surface area contributed by atoms with Crippen LogP contribution in [0.3, 0.4) is 0 Å². The van der Waals surface area contributed by atoms with Crippen molar-refractivity contribution < 1.29 is 9.18 Å². The number of halogens is 1. The van der Waals surface area contributed by atoms with Crippen molar-refractivity contribution in [2.24, 2.45) is 0 Å². The van der Waals surface area contributed by atoms with Gasteiger partial charge in [0.2, 0.25) is 5.91 Å². The van der Waals surface area contributed by atoms with E-state index in [4.69, 9.17) is 0 Å². The molecule has 0 radical (unpaired) electrons. The number of nitrogens with zero attached hydrogens (tertiary/aromatic N) is 3. The summed E-state index contributed by atoms with van der Waals surface area (Å²) in [6, 6.07) is 14.9. The molecule has 1 aliphatic heterocycles. The first kappa shape index (κ1) is 19.0. The van der Waals surface area contributed by atoms with Crippen LogP contribution < -0.4 is 15.1 Å². The van der Waals surface area contributed by atoms with E-state index in [2.05, 4.69) is 5.32 Å². The van der Waals surface area contributed by atoms with Crippen molar-refractivity contribution in [3.63, 3.8) is 0 Å². The average molecular weight is 370 g/mol. The predicted octanol–water partition coefficient (Wildman–Crippen LogP) is 3.04. The van der Waals surface area contributed by atoms with Gasteiger partial charge in [-0.3, -0.25) is 4.79 Å². The molecule has 3 rings (SSSR count). The summed E-state index contributed by atoms with van der Waals surface area (Å²) in [5.74, 6) is -0.0673. The summed E-state index contributed by atoms with van der Waals surface area (Å²) in [6.07, 6.45) is 0.454. The van der Waals surface area contributed by atoms with Gasteiger partial charge < -0.3 is 20.0 Å². The van der Waals surface area contributed by atoms with Gasteiger partial charge in [0, 0.05) is 64.6 Å². The van der Waals surface area contributed by atoms with Crippen molar-refractivity contribution in [2.75, 3.05) is 61.9 Å². The van der Waals surface area contributed by atoms with E-state index in [1.54, 1.807) is 12.1 Å². The molecule has 144 valence electrons. The molecule has 0 aliphatic carbocycles. The number of amides is 1. The van der Waals surface area contributed by atoms with Crippen LogP contribution in [0.25, 0.3) is 0 Å². The standard InChI is InChI=1S/C21H27FN4O/c1-24(2)18-9-7-17(8-10-18)23-12-11-21(27)26-15-13-25(14-16-26)20-6-4-3-5-19(20)22/h3-10,23H,11-16H2,1-2H3. The Labute approximate surface area is 160 Å². The lowest BCUT2D eigenvalue weighted by molar-refractivity contribution is -0.131. The molecule has 1 N–H and O–H groups in total. The average Bonchev–Trinajstić information content (AvgIpc) is 2.69. The largest absolute Gasteiger partial charge is 0.385 e. The van der Waals surface area contributed by atoms with Gasteiger partial charge in [0.1, 0.15) is 5.82 Å². The summed E-state index contributed by atoms with van der Waals surface area (Å²) in [4.78, 5) is 18.4. The number of hydrogen-bond acceptors (Lipinski definition) is 4. The molecule has 1 fully saturated rings. The maximum absolute atomic E-state index is 13.9. The second kappa shape index (κ2) is 8.75. The summed E-state index contributed by atoms with van der Waals surface area (Å²) in [6.45, 7) is 3.18. The number of anilines is 3. The van der Waals surface area contributed by atoms with E-state index in [1.807, 2.05) is 59.1 Å². The monoisotopic (exact) mass is 370 g/mol. The molecule has 1 aliphatic rings. The third-order valence-corrected chi connectivity index (χ3v) is 4.88. The van der Waals surface area contributed by atoms with Crippen molar-refractivity contribution >= 4 is 23.0 Å². The number of benzene rings is 2. The minimum Gasteiger partial charge on any atom is -0.385 e. The van der Waals surface area contributed by atoms with E-state index in [0.29, 0.717) is 44.8 Å². The zero-order chi connectivity index (χ0) is 19.2. The van der Waals surface area contributed by atoms with Crippen LogP contribution in [-0.4, -0.2) is 57.6 Å². The molecule has 1 saturated heterocycles. The highest BCUT2D eigenvalue weighted by molar-refractivity contribution is 5.77. The minimum absolute atomic E-state index is 0.139. The zero-order valence-corrected chi connectivity index (χ0v) is 16.0.